The van der Waals surface area contributed by atoms with Gasteiger partial charge in [-0.2, -0.15) is 0 Å². The third-order valence-corrected chi connectivity index (χ3v) is 3.28. The summed E-state index contributed by atoms with van der Waals surface area (Å²) in [4.78, 5) is 28.5. The summed E-state index contributed by atoms with van der Waals surface area (Å²) in [6, 6.07) is 7.31. The molecule has 0 aliphatic carbocycles. The molecular weight excluding hydrogens is 252 g/mol. The Hall–Kier alpha value is -2.95. The lowest BCUT2D eigenvalue weighted by atomic mass is 10.1. The molecule has 0 aliphatic rings. The Morgan fingerprint density at radius 2 is 1.40 bits per heavy atom. The number of pyridine rings is 2. The maximum atomic E-state index is 10.9. The van der Waals surface area contributed by atoms with Gasteiger partial charge in [0, 0.05) is 29.4 Å². The Kier molecular flexibility index (Phi) is 2.20. The van der Waals surface area contributed by atoms with Crippen molar-refractivity contribution in [1.29, 1.82) is 0 Å². The molecule has 3 heterocycles. The second-order valence-corrected chi connectivity index (χ2v) is 4.40. The maximum absolute atomic E-state index is 10.9. The first-order valence-electron chi connectivity index (χ1n) is 6.12. The van der Waals surface area contributed by atoms with E-state index in [0.29, 0.717) is 11.2 Å². The first-order valence-corrected chi connectivity index (χ1v) is 6.12. The number of rotatable bonds is 1. The van der Waals surface area contributed by atoms with E-state index in [9.17, 15) is 4.79 Å². The molecule has 5 heteroatoms. The van der Waals surface area contributed by atoms with Crippen molar-refractivity contribution in [3.8, 4) is 0 Å². The molecule has 20 heavy (non-hydrogen) atoms. The number of benzene rings is 1. The molecule has 3 aromatic heterocycles. The highest BCUT2D eigenvalue weighted by Gasteiger charge is 2.12. The normalized spacial score (nSPS) is 11.2. The van der Waals surface area contributed by atoms with Crippen LogP contribution in [0.15, 0.2) is 42.9 Å². The van der Waals surface area contributed by atoms with E-state index in [4.69, 9.17) is 0 Å². The Balaban J connectivity index is 2.38. The van der Waals surface area contributed by atoms with Crippen LogP contribution in [-0.4, -0.2) is 26.2 Å². The SMILES string of the molecule is O=Cc1ccc2c3nccnc3c3cccnc3c2n1. The predicted molar refractivity (Wildman–Crippen MR) is 75.5 cm³/mol. The van der Waals surface area contributed by atoms with Gasteiger partial charge in [-0.15, -0.1) is 0 Å². The molecule has 4 aromatic rings. The number of aldehydes is 1. The summed E-state index contributed by atoms with van der Waals surface area (Å²) in [5, 5.41) is 1.74. The van der Waals surface area contributed by atoms with E-state index in [1.165, 1.54) is 0 Å². The summed E-state index contributed by atoms with van der Waals surface area (Å²) in [7, 11) is 0. The van der Waals surface area contributed by atoms with E-state index in [2.05, 4.69) is 19.9 Å². The molecule has 0 amide bonds. The third kappa shape index (κ3) is 1.40. The minimum atomic E-state index is 0.382. The predicted octanol–water partition coefficient (Wildman–Crippen LogP) is 2.54. The molecule has 0 bridgehead atoms. The lowest BCUT2D eigenvalue weighted by Gasteiger charge is -2.07. The van der Waals surface area contributed by atoms with Gasteiger partial charge in [0.2, 0.25) is 0 Å². The zero-order chi connectivity index (χ0) is 13.5. The van der Waals surface area contributed by atoms with Crippen molar-refractivity contribution in [3.05, 3.63) is 48.5 Å². The summed E-state index contributed by atoms with van der Waals surface area (Å²) in [5.74, 6) is 0. The number of aromatic nitrogens is 4. The highest BCUT2D eigenvalue weighted by molar-refractivity contribution is 6.20. The number of carbonyl (C=O) groups excluding carboxylic acids is 1. The van der Waals surface area contributed by atoms with Crippen molar-refractivity contribution in [1.82, 2.24) is 19.9 Å². The number of nitrogens with zero attached hydrogens (tertiary/aromatic N) is 4. The van der Waals surface area contributed by atoms with Gasteiger partial charge in [0.15, 0.2) is 6.29 Å². The van der Waals surface area contributed by atoms with Crippen LogP contribution in [0, 0.1) is 0 Å². The molecule has 0 saturated heterocycles. The van der Waals surface area contributed by atoms with Gasteiger partial charge in [0.05, 0.1) is 22.1 Å². The fraction of sp³-hybridized carbons (Fsp3) is 0. The van der Waals surface area contributed by atoms with E-state index >= 15 is 0 Å². The number of hydrogen-bond acceptors (Lipinski definition) is 5. The molecule has 0 unspecified atom stereocenters. The number of hydrogen-bond donors (Lipinski definition) is 0. The molecular formula is C15H8N4O. The van der Waals surface area contributed by atoms with Crippen molar-refractivity contribution in [2.75, 3.05) is 0 Å². The van der Waals surface area contributed by atoms with Crippen LogP contribution in [0.1, 0.15) is 10.5 Å². The van der Waals surface area contributed by atoms with E-state index in [0.717, 1.165) is 33.6 Å². The van der Waals surface area contributed by atoms with Crippen molar-refractivity contribution in [2.24, 2.45) is 0 Å². The quantitative estimate of drug-likeness (QED) is 0.388. The van der Waals surface area contributed by atoms with Gasteiger partial charge in [0.1, 0.15) is 5.69 Å². The van der Waals surface area contributed by atoms with Crippen LogP contribution in [0.5, 0.6) is 0 Å². The van der Waals surface area contributed by atoms with Gasteiger partial charge in [-0.25, -0.2) is 4.98 Å². The summed E-state index contributed by atoms with van der Waals surface area (Å²) < 4.78 is 0. The van der Waals surface area contributed by atoms with Crippen LogP contribution in [0.2, 0.25) is 0 Å². The molecule has 0 N–H and O–H groups in total. The average Bonchev–Trinajstić information content (AvgIpc) is 2.54. The minimum absolute atomic E-state index is 0.382. The fourth-order valence-electron chi connectivity index (χ4n) is 2.43. The summed E-state index contributed by atoms with van der Waals surface area (Å²) in [6.07, 6.45) is 5.75. The van der Waals surface area contributed by atoms with E-state index in [1.807, 2.05) is 18.2 Å². The molecule has 0 radical (unpaired) electrons. The third-order valence-electron chi connectivity index (χ3n) is 3.28. The summed E-state index contributed by atoms with van der Waals surface area (Å²) in [5.41, 5.74) is 3.36. The minimum Gasteiger partial charge on any atom is -0.296 e. The van der Waals surface area contributed by atoms with Gasteiger partial charge in [-0.3, -0.25) is 19.7 Å². The molecule has 0 fully saturated rings. The molecule has 5 nitrogen and oxygen atoms in total. The molecule has 4 rings (SSSR count). The molecule has 0 spiro atoms. The summed E-state index contributed by atoms with van der Waals surface area (Å²) in [6.45, 7) is 0. The van der Waals surface area contributed by atoms with Crippen molar-refractivity contribution in [3.63, 3.8) is 0 Å². The van der Waals surface area contributed by atoms with Crippen LogP contribution >= 0.6 is 0 Å². The zero-order valence-corrected chi connectivity index (χ0v) is 10.3. The highest BCUT2D eigenvalue weighted by atomic mass is 16.1. The van der Waals surface area contributed by atoms with E-state index in [-0.39, 0.29) is 0 Å². The van der Waals surface area contributed by atoms with Crippen molar-refractivity contribution in [2.45, 2.75) is 0 Å². The first-order chi connectivity index (χ1) is 9.88. The molecule has 1 aromatic carbocycles. The zero-order valence-electron chi connectivity index (χ0n) is 10.3. The Labute approximate surface area is 113 Å². The van der Waals surface area contributed by atoms with Crippen LogP contribution < -0.4 is 0 Å². The molecule has 0 atom stereocenters. The number of fused-ring (bicyclic) bond motifs is 6. The maximum Gasteiger partial charge on any atom is 0.168 e. The summed E-state index contributed by atoms with van der Waals surface area (Å²) >= 11 is 0. The van der Waals surface area contributed by atoms with Gasteiger partial charge in [-0.05, 0) is 24.3 Å². The van der Waals surface area contributed by atoms with Crippen LogP contribution in [-0.2, 0) is 0 Å². The second kappa shape index (κ2) is 4.03. The van der Waals surface area contributed by atoms with Gasteiger partial charge in [0.25, 0.3) is 0 Å². The lowest BCUT2D eigenvalue weighted by Crippen LogP contribution is -1.94. The molecule has 94 valence electrons. The average molecular weight is 260 g/mol. The van der Waals surface area contributed by atoms with E-state index in [1.54, 1.807) is 24.7 Å². The smallest absolute Gasteiger partial charge is 0.168 e. The van der Waals surface area contributed by atoms with Gasteiger partial charge < -0.3 is 0 Å². The van der Waals surface area contributed by atoms with Gasteiger partial charge >= 0.3 is 0 Å². The Morgan fingerprint density at radius 1 is 0.750 bits per heavy atom. The molecule has 0 aliphatic heterocycles. The lowest BCUT2D eigenvalue weighted by molar-refractivity contribution is 0.111. The monoisotopic (exact) mass is 260 g/mol. The van der Waals surface area contributed by atoms with Crippen LogP contribution in [0.25, 0.3) is 32.8 Å². The van der Waals surface area contributed by atoms with Gasteiger partial charge in [-0.1, -0.05) is 0 Å². The van der Waals surface area contributed by atoms with Crippen LogP contribution in [0.3, 0.4) is 0 Å². The molecule has 0 saturated carbocycles. The van der Waals surface area contributed by atoms with E-state index < -0.39 is 0 Å². The Morgan fingerprint density at radius 3 is 2.15 bits per heavy atom. The standard InChI is InChI=1S/C15H8N4O/c20-8-9-3-4-11-13-12(17-6-7-18-13)10-2-1-5-16-14(10)15(11)19-9/h1-8H. The van der Waals surface area contributed by atoms with Crippen LogP contribution in [0.4, 0.5) is 0 Å². The number of carbonyl (C=O) groups is 1. The van der Waals surface area contributed by atoms with Crippen molar-refractivity contribution >= 4 is 39.1 Å². The highest BCUT2D eigenvalue weighted by Crippen LogP contribution is 2.30. The largest absolute Gasteiger partial charge is 0.296 e. The Bertz CT molecular complexity index is 946. The fourth-order valence-corrected chi connectivity index (χ4v) is 2.43. The van der Waals surface area contributed by atoms with Crippen molar-refractivity contribution < 1.29 is 4.79 Å². The first kappa shape index (κ1) is 10.9. The second-order valence-electron chi connectivity index (χ2n) is 4.40. The topological polar surface area (TPSA) is 68.6 Å².